The SMILES string of the molecule is CCc1c(NC)ncnc1N(CCOC)C1CC1. The minimum Gasteiger partial charge on any atom is -0.383 e. The summed E-state index contributed by atoms with van der Waals surface area (Å²) >= 11 is 0. The summed E-state index contributed by atoms with van der Waals surface area (Å²) in [6.45, 7) is 3.78. The van der Waals surface area contributed by atoms with Gasteiger partial charge in [0.05, 0.1) is 6.61 Å². The molecule has 0 atom stereocenters. The lowest BCUT2D eigenvalue weighted by molar-refractivity contribution is 0.204. The van der Waals surface area contributed by atoms with Gasteiger partial charge in [0, 0.05) is 32.3 Å². The second-order valence-corrected chi connectivity index (χ2v) is 4.55. The summed E-state index contributed by atoms with van der Waals surface area (Å²) in [6.07, 6.45) is 5.09. The van der Waals surface area contributed by atoms with Gasteiger partial charge in [-0.25, -0.2) is 9.97 Å². The lowest BCUT2D eigenvalue weighted by atomic mass is 10.2. The van der Waals surface area contributed by atoms with E-state index in [1.54, 1.807) is 13.4 Å². The Hall–Kier alpha value is -1.36. The second kappa shape index (κ2) is 6.00. The van der Waals surface area contributed by atoms with E-state index < -0.39 is 0 Å². The molecule has 0 unspecified atom stereocenters. The molecule has 1 N–H and O–H groups in total. The maximum atomic E-state index is 5.20. The van der Waals surface area contributed by atoms with E-state index >= 15 is 0 Å². The first-order chi connectivity index (χ1) is 8.81. The third-order valence-corrected chi connectivity index (χ3v) is 3.31. The van der Waals surface area contributed by atoms with Crippen molar-refractivity contribution in [1.82, 2.24) is 9.97 Å². The van der Waals surface area contributed by atoms with Crippen LogP contribution < -0.4 is 10.2 Å². The van der Waals surface area contributed by atoms with Gasteiger partial charge in [-0.2, -0.15) is 0 Å². The highest BCUT2D eigenvalue weighted by atomic mass is 16.5. The Balaban J connectivity index is 2.28. The van der Waals surface area contributed by atoms with Crippen LogP contribution >= 0.6 is 0 Å². The van der Waals surface area contributed by atoms with Crippen molar-refractivity contribution in [2.24, 2.45) is 0 Å². The third kappa shape index (κ3) is 2.72. The number of methoxy groups -OCH3 is 1. The zero-order chi connectivity index (χ0) is 13.0. The molecule has 0 radical (unpaired) electrons. The Kier molecular flexibility index (Phi) is 4.36. The first kappa shape index (κ1) is 13.1. The molecule has 0 saturated heterocycles. The van der Waals surface area contributed by atoms with Gasteiger partial charge in [-0.1, -0.05) is 6.92 Å². The van der Waals surface area contributed by atoms with Gasteiger partial charge in [-0.3, -0.25) is 0 Å². The highest BCUT2D eigenvalue weighted by molar-refractivity contribution is 5.59. The standard InChI is InChI=1S/C13H22N4O/c1-4-11-12(14-2)15-9-16-13(11)17(7-8-18-3)10-5-6-10/h9-10H,4-8H2,1-3H3,(H,14,15,16). The largest absolute Gasteiger partial charge is 0.383 e. The number of ether oxygens (including phenoxy) is 1. The Morgan fingerprint density at radius 1 is 1.44 bits per heavy atom. The van der Waals surface area contributed by atoms with Crippen LogP contribution in [-0.2, 0) is 11.2 Å². The minimum absolute atomic E-state index is 0.630. The van der Waals surface area contributed by atoms with Crippen LogP contribution in [0.2, 0.25) is 0 Å². The molecule has 1 fully saturated rings. The molecule has 1 aromatic heterocycles. The van der Waals surface area contributed by atoms with E-state index in [1.165, 1.54) is 18.4 Å². The van der Waals surface area contributed by atoms with Gasteiger partial charge in [-0.05, 0) is 19.3 Å². The molecule has 0 aliphatic heterocycles. The molecule has 0 amide bonds. The lowest BCUT2D eigenvalue weighted by Gasteiger charge is -2.26. The number of nitrogens with one attached hydrogen (secondary N) is 1. The zero-order valence-corrected chi connectivity index (χ0v) is 11.4. The van der Waals surface area contributed by atoms with Crippen LogP contribution in [0.15, 0.2) is 6.33 Å². The van der Waals surface area contributed by atoms with Crippen LogP contribution in [0.25, 0.3) is 0 Å². The molecular weight excluding hydrogens is 228 g/mol. The second-order valence-electron chi connectivity index (χ2n) is 4.55. The van der Waals surface area contributed by atoms with Crippen molar-refractivity contribution < 1.29 is 4.74 Å². The fraction of sp³-hybridized carbons (Fsp3) is 0.692. The predicted molar refractivity (Wildman–Crippen MR) is 73.2 cm³/mol. The molecular formula is C13H22N4O. The molecule has 0 aromatic carbocycles. The van der Waals surface area contributed by atoms with Crippen LogP contribution in [0.4, 0.5) is 11.6 Å². The Morgan fingerprint density at radius 3 is 2.78 bits per heavy atom. The molecule has 18 heavy (non-hydrogen) atoms. The van der Waals surface area contributed by atoms with Gasteiger partial charge in [0.15, 0.2) is 0 Å². The average Bonchev–Trinajstić information content (AvgIpc) is 3.23. The van der Waals surface area contributed by atoms with Gasteiger partial charge in [0.1, 0.15) is 18.0 Å². The highest BCUT2D eigenvalue weighted by Crippen LogP contribution is 2.33. The maximum absolute atomic E-state index is 5.20. The summed E-state index contributed by atoms with van der Waals surface area (Å²) in [5, 5.41) is 3.15. The fourth-order valence-electron chi connectivity index (χ4n) is 2.23. The topological polar surface area (TPSA) is 50.3 Å². The van der Waals surface area contributed by atoms with Gasteiger partial charge >= 0.3 is 0 Å². The monoisotopic (exact) mass is 250 g/mol. The molecule has 1 saturated carbocycles. The van der Waals surface area contributed by atoms with Crippen LogP contribution in [0.3, 0.4) is 0 Å². The molecule has 100 valence electrons. The fourth-order valence-corrected chi connectivity index (χ4v) is 2.23. The van der Waals surface area contributed by atoms with Crippen LogP contribution in [0.1, 0.15) is 25.3 Å². The number of hydrogen-bond acceptors (Lipinski definition) is 5. The van der Waals surface area contributed by atoms with Crippen molar-refractivity contribution in [2.75, 3.05) is 37.5 Å². The summed E-state index contributed by atoms with van der Waals surface area (Å²) < 4.78 is 5.20. The Labute approximate surface area is 109 Å². The Bertz CT molecular complexity index is 393. The van der Waals surface area contributed by atoms with Crippen molar-refractivity contribution in [2.45, 2.75) is 32.2 Å². The zero-order valence-electron chi connectivity index (χ0n) is 11.4. The van der Waals surface area contributed by atoms with E-state index in [0.29, 0.717) is 6.04 Å². The van der Waals surface area contributed by atoms with Crippen LogP contribution in [0, 0.1) is 0 Å². The van der Waals surface area contributed by atoms with E-state index in [4.69, 9.17) is 4.74 Å². The predicted octanol–water partition coefficient (Wildman–Crippen LogP) is 1.70. The molecule has 0 bridgehead atoms. The third-order valence-electron chi connectivity index (χ3n) is 3.31. The number of nitrogens with zero attached hydrogens (tertiary/aromatic N) is 3. The number of aromatic nitrogens is 2. The van der Waals surface area contributed by atoms with Crippen molar-refractivity contribution in [3.8, 4) is 0 Å². The summed E-state index contributed by atoms with van der Waals surface area (Å²) in [5.74, 6) is 2.00. The first-order valence-corrected chi connectivity index (χ1v) is 6.59. The molecule has 2 rings (SSSR count). The minimum atomic E-state index is 0.630. The van der Waals surface area contributed by atoms with Crippen molar-refractivity contribution in [1.29, 1.82) is 0 Å². The normalized spacial score (nSPS) is 14.6. The molecule has 1 aliphatic carbocycles. The van der Waals surface area contributed by atoms with Gasteiger partial charge in [0.25, 0.3) is 0 Å². The van der Waals surface area contributed by atoms with Crippen molar-refractivity contribution >= 4 is 11.6 Å². The molecule has 0 spiro atoms. The molecule has 1 aliphatic rings. The summed E-state index contributed by atoms with van der Waals surface area (Å²) in [4.78, 5) is 11.1. The summed E-state index contributed by atoms with van der Waals surface area (Å²) in [7, 11) is 3.65. The van der Waals surface area contributed by atoms with Crippen LogP contribution in [0.5, 0.6) is 0 Å². The quantitative estimate of drug-likeness (QED) is 0.798. The number of anilines is 2. The highest BCUT2D eigenvalue weighted by Gasteiger charge is 2.31. The van der Waals surface area contributed by atoms with Crippen LogP contribution in [-0.4, -0.2) is 43.3 Å². The number of hydrogen-bond donors (Lipinski definition) is 1. The van der Waals surface area contributed by atoms with Crippen molar-refractivity contribution in [3.05, 3.63) is 11.9 Å². The van der Waals surface area contributed by atoms with E-state index in [2.05, 4.69) is 27.1 Å². The van der Waals surface area contributed by atoms with E-state index in [1.807, 2.05) is 7.05 Å². The van der Waals surface area contributed by atoms with Gasteiger partial charge in [0.2, 0.25) is 0 Å². The summed E-state index contributed by atoms with van der Waals surface area (Å²) in [6, 6.07) is 0.630. The molecule has 1 aromatic rings. The first-order valence-electron chi connectivity index (χ1n) is 6.59. The van der Waals surface area contributed by atoms with Gasteiger partial charge in [-0.15, -0.1) is 0 Å². The van der Waals surface area contributed by atoms with Crippen molar-refractivity contribution in [3.63, 3.8) is 0 Å². The molecule has 5 nitrogen and oxygen atoms in total. The Morgan fingerprint density at radius 2 is 2.22 bits per heavy atom. The molecule has 5 heteroatoms. The maximum Gasteiger partial charge on any atom is 0.137 e. The average molecular weight is 250 g/mol. The summed E-state index contributed by atoms with van der Waals surface area (Å²) in [5.41, 5.74) is 1.20. The van der Waals surface area contributed by atoms with E-state index in [9.17, 15) is 0 Å². The van der Waals surface area contributed by atoms with Gasteiger partial charge < -0.3 is 15.0 Å². The van der Waals surface area contributed by atoms with E-state index in [-0.39, 0.29) is 0 Å². The van der Waals surface area contributed by atoms with E-state index in [0.717, 1.165) is 31.2 Å². The number of rotatable bonds is 7. The molecule has 1 heterocycles. The lowest BCUT2D eigenvalue weighted by Crippen LogP contribution is -2.31. The smallest absolute Gasteiger partial charge is 0.137 e.